The minimum Gasteiger partial charge on any atom is -0.460 e. The number of methoxy groups -OCH3 is 4. The maximum Gasteiger partial charge on any atom is 0.345 e. The van der Waals surface area contributed by atoms with Crippen molar-refractivity contribution in [3.8, 4) is 0 Å². The molecule has 0 radical (unpaired) electrons. The number of carbonyl (C=O) groups excluding carboxylic acids is 4. The summed E-state index contributed by atoms with van der Waals surface area (Å²) in [6.07, 6.45) is 12.4. The van der Waals surface area contributed by atoms with Crippen LogP contribution in [0.1, 0.15) is 132 Å². The van der Waals surface area contributed by atoms with Gasteiger partial charge in [0, 0.05) is 65.6 Å². The molecule has 0 aromatic heterocycles. The van der Waals surface area contributed by atoms with Crippen LogP contribution < -0.4 is 0 Å². The first-order valence-corrected chi connectivity index (χ1v) is 25.0. The standard InChI is InChI=1S/C53H83F2NO12/c1-32-17-13-12-14-18-33(2)44(62-8)29-40-22-20-38(7)53(61,68-40)31-47(58)56-24-16-15-19-41(56)51(60)66-45(35(4)27-39-21-23-43(67-52(54)55)46(28-39)63-9)30-42(57)34(3)26-37(6)49(64-10)50(65-11)48(59)36(5)25-32/h12-14,17-18,26,32,34-36,38-41,43-46,49-50,52,61H,15-16,19-25,27-31H2,1-11H3/b14-12?,17-13+,33-18?,37-26+/t32-,34-,35-,36-,38-,39+,40+,41+,43-,44+,45+,46-,49-,50+,53+/m1/s1. The summed E-state index contributed by atoms with van der Waals surface area (Å²) in [5.74, 6) is -4.83. The van der Waals surface area contributed by atoms with Crippen molar-refractivity contribution in [2.45, 2.75) is 193 Å². The van der Waals surface area contributed by atoms with E-state index in [9.17, 15) is 33.1 Å². The number of hydrogen-bond donors (Lipinski definition) is 1. The molecule has 1 amide bonds. The van der Waals surface area contributed by atoms with E-state index in [1.807, 2.05) is 58.1 Å². The molecule has 3 fully saturated rings. The predicted molar refractivity (Wildman–Crippen MR) is 254 cm³/mol. The third-order valence-corrected chi connectivity index (χ3v) is 15.0. The van der Waals surface area contributed by atoms with Crippen LogP contribution in [0.5, 0.6) is 0 Å². The van der Waals surface area contributed by atoms with Gasteiger partial charge in [0.05, 0.1) is 30.8 Å². The van der Waals surface area contributed by atoms with Gasteiger partial charge in [0.2, 0.25) is 5.91 Å². The van der Waals surface area contributed by atoms with Gasteiger partial charge < -0.3 is 43.2 Å². The summed E-state index contributed by atoms with van der Waals surface area (Å²) in [4.78, 5) is 58.5. The molecule has 0 unspecified atom stereocenters. The zero-order chi connectivity index (χ0) is 50.3. The highest BCUT2D eigenvalue weighted by Crippen LogP contribution is 2.39. The molecule has 2 saturated heterocycles. The van der Waals surface area contributed by atoms with Crippen molar-refractivity contribution in [3.05, 3.63) is 47.6 Å². The van der Waals surface area contributed by atoms with E-state index in [-0.39, 0.29) is 66.6 Å². The van der Waals surface area contributed by atoms with Crippen LogP contribution in [0, 0.1) is 35.5 Å². The molecule has 0 spiro atoms. The summed E-state index contributed by atoms with van der Waals surface area (Å²) in [6, 6.07) is -0.945. The molecular formula is C53H83F2NO12. The second-order valence-corrected chi connectivity index (χ2v) is 20.3. The molecular weight excluding hydrogens is 881 g/mol. The number of esters is 1. The van der Waals surface area contributed by atoms with E-state index in [0.29, 0.717) is 76.2 Å². The van der Waals surface area contributed by atoms with Crippen LogP contribution >= 0.6 is 0 Å². The Labute approximate surface area is 404 Å². The van der Waals surface area contributed by atoms with Gasteiger partial charge in [-0.25, -0.2) is 4.79 Å². The molecule has 2 bridgehead atoms. The molecule has 386 valence electrons. The maximum atomic E-state index is 14.5. The Morgan fingerprint density at radius 2 is 1.54 bits per heavy atom. The van der Waals surface area contributed by atoms with Crippen LogP contribution in [0.15, 0.2) is 47.6 Å². The Bertz CT molecular complexity index is 1770. The van der Waals surface area contributed by atoms with Crippen molar-refractivity contribution in [2.24, 2.45) is 35.5 Å². The number of alkyl halides is 2. The third-order valence-electron chi connectivity index (χ3n) is 15.0. The number of ketones is 2. The van der Waals surface area contributed by atoms with E-state index in [1.54, 1.807) is 27.0 Å². The van der Waals surface area contributed by atoms with Crippen molar-refractivity contribution >= 4 is 23.4 Å². The number of allylic oxidation sites excluding steroid dienone is 6. The fourth-order valence-corrected chi connectivity index (χ4v) is 10.8. The lowest BCUT2D eigenvalue weighted by molar-refractivity contribution is -0.284. The molecule has 68 heavy (non-hydrogen) atoms. The average Bonchev–Trinajstić information content (AvgIpc) is 3.30. The Balaban J connectivity index is 1.69. The van der Waals surface area contributed by atoms with Crippen LogP contribution in [0.4, 0.5) is 8.78 Å². The van der Waals surface area contributed by atoms with Crippen molar-refractivity contribution < 1.29 is 66.2 Å². The van der Waals surface area contributed by atoms with Gasteiger partial charge in [0.25, 0.3) is 0 Å². The molecule has 0 aromatic carbocycles. The summed E-state index contributed by atoms with van der Waals surface area (Å²) >= 11 is 0. The smallest absolute Gasteiger partial charge is 0.345 e. The number of ether oxygens (including phenoxy) is 7. The van der Waals surface area contributed by atoms with Crippen LogP contribution in [-0.2, 0) is 52.3 Å². The molecule has 15 heteroatoms. The number of rotatable bonds is 9. The van der Waals surface area contributed by atoms with Gasteiger partial charge in [-0.05, 0) is 107 Å². The van der Waals surface area contributed by atoms with E-state index in [4.69, 9.17) is 33.2 Å². The number of hydrogen-bond acceptors (Lipinski definition) is 12. The van der Waals surface area contributed by atoms with Gasteiger partial charge in [-0.15, -0.1) is 0 Å². The quantitative estimate of drug-likeness (QED) is 0.173. The number of halogens is 2. The minimum absolute atomic E-state index is 0.00794. The summed E-state index contributed by atoms with van der Waals surface area (Å²) in [6.45, 7) is 10.6. The zero-order valence-electron chi connectivity index (χ0n) is 42.7. The summed E-state index contributed by atoms with van der Waals surface area (Å²) in [5.41, 5.74) is 1.60. The molecule has 4 aliphatic rings. The molecule has 4 rings (SSSR count). The summed E-state index contributed by atoms with van der Waals surface area (Å²) in [7, 11) is 6.09. The van der Waals surface area contributed by atoms with Gasteiger partial charge in [0.1, 0.15) is 30.1 Å². The molecule has 3 heterocycles. The molecule has 1 aliphatic carbocycles. The van der Waals surface area contributed by atoms with E-state index in [0.717, 1.165) is 5.57 Å². The van der Waals surface area contributed by atoms with E-state index in [2.05, 4.69) is 6.92 Å². The molecule has 3 aliphatic heterocycles. The predicted octanol–water partition coefficient (Wildman–Crippen LogP) is 8.90. The van der Waals surface area contributed by atoms with E-state index in [1.165, 1.54) is 26.2 Å². The maximum absolute atomic E-state index is 14.5. The highest BCUT2D eigenvalue weighted by atomic mass is 19.3. The Morgan fingerprint density at radius 3 is 2.21 bits per heavy atom. The monoisotopic (exact) mass is 964 g/mol. The minimum atomic E-state index is -2.92. The van der Waals surface area contributed by atoms with Crippen molar-refractivity contribution in [1.29, 1.82) is 0 Å². The van der Waals surface area contributed by atoms with Crippen LogP contribution in [0.25, 0.3) is 0 Å². The number of aliphatic hydroxyl groups is 1. The second kappa shape index (κ2) is 27.4. The number of Topliss-reactive ketones (excluding diaryl/α,β-unsaturated/α-hetero) is 2. The number of nitrogens with zero attached hydrogens (tertiary/aromatic N) is 1. The molecule has 13 nitrogen and oxygen atoms in total. The molecule has 1 saturated carbocycles. The Hall–Kier alpha value is -3.18. The number of cyclic esters (lactones) is 1. The number of piperidine rings is 1. The van der Waals surface area contributed by atoms with E-state index >= 15 is 0 Å². The van der Waals surface area contributed by atoms with Crippen molar-refractivity contribution in [2.75, 3.05) is 35.0 Å². The first-order valence-electron chi connectivity index (χ1n) is 25.0. The summed E-state index contributed by atoms with van der Waals surface area (Å²) in [5, 5.41) is 12.1. The topological polar surface area (TPSA) is 156 Å². The lowest BCUT2D eigenvalue weighted by atomic mass is 9.78. The summed E-state index contributed by atoms with van der Waals surface area (Å²) < 4.78 is 67.2. The van der Waals surface area contributed by atoms with Crippen molar-refractivity contribution in [1.82, 2.24) is 4.90 Å². The number of fused-ring (bicyclic) bond motifs is 3. The first kappa shape index (κ1) is 57.4. The fourth-order valence-electron chi connectivity index (χ4n) is 10.8. The second-order valence-electron chi connectivity index (χ2n) is 20.3. The number of carbonyl (C=O) groups is 4. The molecule has 15 atom stereocenters. The first-order chi connectivity index (χ1) is 32.2. The number of amides is 1. The highest BCUT2D eigenvalue weighted by Gasteiger charge is 2.47. The fraction of sp³-hybridized carbons (Fsp3) is 0.774. The zero-order valence-corrected chi connectivity index (χ0v) is 42.7. The molecule has 0 aromatic rings. The van der Waals surface area contributed by atoms with Crippen LogP contribution in [-0.4, -0.2) is 130 Å². The Kier molecular flexibility index (Phi) is 23.2. The van der Waals surface area contributed by atoms with E-state index < -0.39 is 72.9 Å². The molecule has 1 N–H and O–H groups in total. The van der Waals surface area contributed by atoms with Gasteiger partial charge >= 0.3 is 12.6 Å². The van der Waals surface area contributed by atoms with Gasteiger partial charge in [0.15, 0.2) is 11.6 Å². The van der Waals surface area contributed by atoms with Crippen molar-refractivity contribution in [3.63, 3.8) is 0 Å². The van der Waals surface area contributed by atoms with Gasteiger partial charge in [-0.3, -0.25) is 14.4 Å². The largest absolute Gasteiger partial charge is 0.460 e. The third kappa shape index (κ3) is 16.2. The van der Waals surface area contributed by atoms with Gasteiger partial charge in [-0.1, -0.05) is 71.1 Å². The average molecular weight is 964 g/mol. The SMILES string of the molecule is CO[C@H]1C[C@@H]2CC[C@@H](C)[C@](O)(CC(=O)N3CCCC[C@H]3C(=O)O[C@H]([C@H](C)C[C@@H]3CC[C@@H](OC(F)F)[C@H](OC)C3)CC(=O)[C@H](C)/C=C(\C)[C@@H](OC)[C@@H](OC)C(=O)[C@H](C)C[C@H](C)/C=C/C=CC=C1C)O2. The van der Waals surface area contributed by atoms with Crippen LogP contribution in [0.2, 0.25) is 0 Å². The van der Waals surface area contributed by atoms with Crippen LogP contribution in [0.3, 0.4) is 0 Å². The normalized spacial score (nSPS) is 38.0. The Morgan fingerprint density at radius 1 is 0.824 bits per heavy atom. The highest BCUT2D eigenvalue weighted by molar-refractivity contribution is 5.87. The lowest BCUT2D eigenvalue weighted by Crippen LogP contribution is -2.55. The van der Waals surface area contributed by atoms with Gasteiger partial charge in [-0.2, -0.15) is 8.78 Å². The lowest BCUT2D eigenvalue weighted by Gasteiger charge is -2.44.